The molecular weight excluding hydrogens is 296 g/mol. The molecule has 0 aliphatic carbocycles. The summed E-state index contributed by atoms with van der Waals surface area (Å²) in [4.78, 5) is 25.6. The number of pyridine rings is 1. The summed E-state index contributed by atoms with van der Waals surface area (Å²) in [5, 5.41) is 16.9. The zero-order chi connectivity index (χ0) is 15.4. The molecule has 108 valence electrons. The SMILES string of the molecule is CC(=O)Nc1ccc([N+](=O)[O-])c(Nc2ccc(Cl)cn2)c1. The number of nitro groups is 1. The van der Waals surface area contributed by atoms with E-state index in [4.69, 9.17) is 11.6 Å². The molecule has 0 aliphatic rings. The van der Waals surface area contributed by atoms with Crippen molar-refractivity contribution >= 4 is 40.4 Å². The van der Waals surface area contributed by atoms with Crippen LogP contribution in [0.2, 0.25) is 5.02 Å². The van der Waals surface area contributed by atoms with Crippen LogP contribution < -0.4 is 10.6 Å². The number of carbonyl (C=O) groups is 1. The van der Waals surface area contributed by atoms with Crippen molar-refractivity contribution in [2.24, 2.45) is 0 Å². The maximum absolute atomic E-state index is 11.0. The topological polar surface area (TPSA) is 97.2 Å². The minimum atomic E-state index is -0.518. The van der Waals surface area contributed by atoms with Crippen molar-refractivity contribution < 1.29 is 9.72 Å². The number of nitrogens with zero attached hydrogens (tertiary/aromatic N) is 2. The number of hydrogen-bond acceptors (Lipinski definition) is 5. The first-order chi connectivity index (χ1) is 9.95. The number of nitrogens with one attached hydrogen (secondary N) is 2. The van der Waals surface area contributed by atoms with Gasteiger partial charge < -0.3 is 10.6 Å². The van der Waals surface area contributed by atoms with Crippen LogP contribution in [-0.4, -0.2) is 15.8 Å². The van der Waals surface area contributed by atoms with Crippen molar-refractivity contribution in [1.82, 2.24) is 4.98 Å². The Morgan fingerprint density at radius 2 is 2.10 bits per heavy atom. The lowest BCUT2D eigenvalue weighted by Gasteiger charge is -2.09. The smallest absolute Gasteiger partial charge is 0.292 e. The van der Waals surface area contributed by atoms with Gasteiger partial charge in [-0.25, -0.2) is 4.98 Å². The summed E-state index contributed by atoms with van der Waals surface area (Å²) in [6.07, 6.45) is 1.42. The molecule has 7 nitrogen and oxygen atoms in total. The first kappa shape index (κ1) is 14.7. The standard InChI is InChI=1S/C13H11ClN4O3/c1-8(19)16-10-3-4-12(18(20)21)11(6-10)17-13-5-2-9(14)7-15-13/h2-7H,1H3,(H,15,17)(H,16,19). The number of hydrogen-bond donors (Lipinski definition) is 2. The van der Waals surface area contributed by atoms with Gasteiger partial charge in [-0.1, -0.05) is 11.6 Å². The summed E-state index contributed by atoms with van der Waals surface area (Å²) in [6, 6.07) is 7.44. The third-order valence-electron chi connectivity index (χ3n) is 2.50. The summed E-state index contributed by atoms with van der Waals surface area (Å²) in [5.41, 5.74) is 0.548. The number of benzene rings is 1. The molecule has 8 heteroatoms. The van der Waals surface area contributed by atoms with Crippen LogP contribution in [0.25, 0.3) is 0 Å². The zero-order valence-electron chi connectivity index (χ0n) is 11.0. The minimum absolute atomic E-state index is 0.124. The molecule has 1 amide bonds. The van der Waals surface area contributed by atoms with Crippen molar-refractivity contribution in [1.29, 1.82) is 0 Å². The van der Waals surface area contributed by atoms with E-state index in [-0.39, 0.29) is 17.3 Å². The van der Waals surface area contributed by atoms with Crippen LogP contribution in [0.4, 0.5) is 22.9 Å². The van der Waals surface area contributed by atoms with E-state index in [2.05, 4.69) is 15.6 Å². The van der Waals surface area contributed by atoms with Crippen LogP contribution in [0.5, 0.6) is 0 Å². The maximum Gasteiger partial charge on any atom is 0.292 e. The number of carbonyl (C=O) groups excluding carboxylic acids is 1. The zero-order valence-corrected chi connectivity index (χ0v) is 11.7. The maximum atomic E-state index is 11.0. The van der Waals surface area contributed by atoms with Crippen LogP contribution in [-0.2, 0) is 4.79 Å². The fraction of sp³-hybridized carbons (Fsp3) is 0.0769. The van der Waals surface area contributed by atoms with Crippen molar-refractivity contribution in [2.45, 2.75) is 6.92 Å². The molecule has 0 radical (unpaired) electrons. The fourth-order valence-corrected chi connectivity index (χ4v) is 1.78. The molecule has 0 spiro atoms. The molecule has 2 aromatic rings. The van der Waals surface area contributed by atoms with Gasteiger partial charge in [0.05, 0.1) is 9.95 Å². The van der Waals surface area contributed by atoms with Gasteiger partial charge in [-0.3, -0.25) is 14.9 Å². The van der Waals surface area contributed by atoms with E-state index in [1.807, 2.05) is 0 Å². The first-order valence-corrected chi connectivity index (χ1v) is 6.28. The molecule has 1 heterocycles. The van der Waals surface area contributed by atoms with Crippen LogP contribution >= 0.6 is 11.6 Å². The molecule has 0 unspecified atom stereocenters. The van der Waals surface area contributed by atoms with Crippen LogP contribution in [0.15, 0.2) is 36.5 Å². The van der Waals surface area contributed by atoms with Crippen LogP contribution in [0.1, 0.15) is 6.92 Å². The van der Waals surface area contributed by atoms with E-state index < -0.39 is 4.92 Å². The van der Waals surface area contributed by atoms with Gasteiger partial charge in [0.1, 0.15) is 11.5 Å². The largest absolute Gasteiger partial charge is 0.335 e. The molecule has 21 heavy (non-hydrogen) atoms. The highest BCUT2D eigenvalue weighted by Gasteiger charge is 2.15. The normalized spacial score (nSPS) is 10.0. The summed E-state index contributed by atoms with van der Waals surface area (Å²) in [6.45, 7) is 1.36. The second kappa shape index (κ2) is 6.19. The highest BCUT2D eigenvalue weighted by molar-refractivity contribution is 6.30. The third kappa shape index (κ3) is 3.90. The average molecular weight is 307 g/mol. The van der Waals surface area contributed by atoms with E-state index in [0.717, 1.165) is 0 Å². The van der Waals surface area contributed by atoms with E-state index in [9.17, 15) is 14.9 Å². The quantitative estimate of drug-likeness (QED) is 0.667. The molecule has 0 fully saturated rings. The summed E-state index contributed by atoms with van der Waals surface area (Å²) < 4.78 is 0. The molecule has 0 saturated heterocycles. The Morgan fingerprint density at radius 1 is 1.33 bits per heavy atom. The van der Waals surface area contributed by atoms with Gasteiger partial charge in [0.15, 0.2) is 0 Å². The van der Waals surface area contributed by atoms with Crippen LogP contribution in [0.3, 0.4) is 0 Å². The summed E-state index contributed by atoms with van der Waals surface area (Å²) in [5.74, 6) is 0.141. The van der Waals surface area contributed by atoms with Gasteiger partial charge in [0.2, 0.25) is 5.91 Å². The highest BCUT2D eigenvalue weighted by Crippen LogP contribution is 2.30. The molecular formula is C13H11ClN4O3. The Hall–Kier alpha value is -2.67. The second-order valence-corrected chi connectivity index (χ2v) is 4.59. The van der Waals surface area contributed by atoms with Crippen molar-refractivity contribution in [3.8, 4) is 0 Å². The summed E-state index contributed by atoms with van der Waals surface area (Å²) in [7, 11) is 0. The molecule has 2 rings (SSSR count). The number of rotatable bonds is 4. The molecule has 1 aromatic heterocycles. The number of nitro benzene ring substituents is 1. The summed E-state index contributed by atoms with van der Waals surface area (Å²) >= 11 is 5.73. The minimum Gasteiger partial charge on any atom is -0.335 e. The second-order valence-electron chi connectivity index (χ2n) is 4.16. The Morgan fingerprint density at radius 3 is 2.67 bits per heavy atom. The lowest BCUT2D eigenvalue weighted by atomic mass is 10.2. The predicted octanol–water partition coefficient (Wildman–Crippen LogP) is 3.35. The van der Waals surface area contributed by atoms with Gasteiger partial charge in [-0.2, -0.15) is 0 Å². The van der Waals surface area contributed by atoms with Gasteiger partial charge in [0.25, 0.3) is 5.69 Å². The Kier molecular flexibility index (Phi) is 4.34. The van der Waals surface area contributed by atoms with Crippen molar-refractivity contribution in [2.75, 3.05) is 10.6 Å². The van der Waals surface area contributed by atoms with E-state index >= 15 is 0 Å². The fourth-order valence-electron chi connectivity index (χ4n) is 1.66. The highest BCUT2D eigenvalue weighted by atomic mass is 35.5. The molecule has 0 aliphatic heterocycles. The number of halogens is 1. The molecule has 0 bridgehead atoms. The van der Waals surface area contributed by atoms with E-state index in [1.54, 1.807) is 12.1 Å². The molecule has 0 saturated carbocycles. The lowest BCUT2D eigenvalue weighted by molar-refractivity contribution is -0.383. The monoisotopic (exact) mass is 306 g/mol. The number of anilines is 3. The van der Waals surface area contributed by atoms with Crippen molar-refractivity contribution in [3.05, 3.63) is 51.7 Å². The van der Waals surface area contributed by atoms with Crippen molar-refractivity contribution in [3.63, 3.8) is 0 Å². The third-order valence-corrected chi connectivity index (χ3v) is 2.73. The molecule has 0 atom stereocenters. The van der Waals surface area contributed by atoms with Gasteiger partial charge in [0, 0.05) is 24.9 Å². The van der Waals surface area contributed by atoms with Gasteiger partial charge >= 0.3 is 0 Å². The Bertz CT molecular complexity index is 688. The average Bonchev–Trinajstić information content (AvgIpc) is 2.40. The van der Waals surface area contributed by atoms with E-state index in [1.165, 1.54) is 31.3 Å². The molecule has 2 N–H and O–H groups in total. The Labute approximate surface area is 125 Å². The first-order valence-electron chi connectivity index (χ1n) is 5.90. The van der Waals surface area contributed by atoms with E-state index in [0.29, 0.717) is 16.5 Å². The lowest BCUT2D eigenvalue weighted by Crippen LogP contribution is -2.06. The predicted molar refractivity (Wildman–Crippen MR) is 79.9 cm³/mol. The number of aromatic nitrogens is 1. The van der Waals surface area contributed by atoms with Crippen LogP contribution in [0, 0.1) is 10.1 Å². The van der Waals surface area contributed by atoms with Gasteiger partial charge in [-0.15, -0.1) is 0 Å². The molecule has 1 aromatic carbocycles. The number of amides is 1. The Balaban J connectivity index is 2.35. The van der Waals surface area contributed by atoms with Gasteiger partial charge in [-0.05, 0) is 24.3 Å².